The van der Waals surface area contributed by atoms with Crippen LogP contribution in [-0.4, -0.2) is 24.1 Å². The van der Waals surface area contributed by atoms with Gasteiger partial charge in [-0.25, -0.2) is 4.98 Å². The molecule has 3 nitrogen and oxygen atoms in total. The SMILES string of the molecule is COc1nc2c(cc1C=O)CSCC2. The van der Waals surface area contributed by atoms with Crippen molar-refractivity contribution in [1.82, 2.24) is 4.98 Å². The van der Waals surface area contributed by atoms with Gasteiger partial charge in [-0.1, -0.05) is 0 Å². The van der Waals surface area contributed by atoms with Gasteiger partial charge < -0.3 is 4.74 Å². The van der Waals surface area contributed by atoms with Crippen LogP contribution < -0.4 is 4.74 Å². The Hall–Kier alpha value is -1.03. The zero-order valence-electron chi connectivity index (χ0n) is 7.95. The van der Waals surface area contributed by atoms with E-state index in [4.69, 9.17) is 4.74 Å². The van der Waals surface area contributed by atoms with E-state index in [9.17, 15) is 4.79 Å². The number of hydrogen-bond acceptors (Lipinski definition) is 4. The average Bonchev–Trinajstić information content (AvgIpc) is 2.27. The highest BCUT2D eigenvalue weighted by atomic mass is 32.2. The summed E-state index contributed by atoms with van der Waals surface area (Å²) in [5.74, 6) is 2.50. The second-order valence-corrected chi connectivity index (χ2v) is 4.22. The molecule has 1 aromatic heterocycles. The first kappa shape index (κ1) is 9.52. The number of methoxy groups -OCH3 is 1. The molecule has 0 radical (unpaired) electrons. The predicted molar refractivity (Wildman–Crippen MR) is 56.0 cm³/mol. The van der Waals surface area contributed by atoms with E-state index in [2.05, 4.69) is 4.98 Å². The number of hydrogen-bond donors (Lipinski definition) is 0. The van der Waals surface area contributed by atoms with E-state index in [1.165, 1.54) is 5.56 Å². The maximum Gasteiger partial charge on any atom is 0.224 e. The smallest absolute Gasteiger partial charge is 0.224 e. The van der Waals surface area contributed by atoms with Gasteiger partial charge >= 0.3 is 0 Å². The van der Waals surface area contributed by atoms with Crippen LogP contribution in [-0.2, 0) is 12.2 Å². The number of carbonyl (C=O) groups excluding carboxylic acids is 1. The molecule has 2 rings (SSSR count). The number of thioether (sulfide) groups is 1. The molecule has 0 N–H and O–H groups in total. The third-order valence-corrected chi connectivity index (χ3v) is 3.25. The van der Waals surface area contributed by atoms with Crippen molar-refractivity contribution in [3.63, 3.8) is 0 Å². The minimum atomic E-state index is 0.450. The third kappa shape index (κ3) is 1.62. The van der Waals surface area contributed by atoms with Crippen LogP contribution in [0.5, 0.6) is 5.88 Å². The number of aromatic nitrogens is 1. The summed E-state index contributed by atoms with van der Waals surface area (Å²) in [4.78, 5) is 15.1. The van der Waals surface area contributed by atoms with Crippen molar-refractivity contribution in [1.29, 1.82) is 0 Å². The van der Waals surface area contributed by atoms with E-state index in [1.54, 1.807) is 7.11 Å². The number of fused-ring (bicyclic) bond motifs is 1. The quantitative estimate of drug-likeness (QED) is 0.695. The highest BCUT2D eigenvalue weighted by molar-refractivity contribution is 7.98. The molecule has 4 heteroatoms. The summed E-state index contributed by atoms with van der Waals surface area (Å²) in [5.41, 5.74) is 2.80. The van der Waals surface area contributed by atoms with Gasteiger partial charge in [-0.2, -0.15) is 11.8 Å². The fourth-order valence-electron chi connectivity index (χ4n) is 1.53. The Labute approximate surface area is 86.9 Å². The lowest BCUT2D eigenvalue weighted by Gasteiger charge is -2.15. The van der Waals surface area contributed by atoms with Gasteiger partial charge in [0.2, 0.25) is 5.88 Å². The molecule has 0 spiro atoms. The average molecular weight is 209 g/mol. The normalized spacial score (nSPS) is 14.6. The molecular formula is C10H11NO2S. The standard InChI is InChI=1S/C10H11NO2S/c1-13-10-7(5-12)4-8-6-14-3-2-9(8)11-10/h4-5H,2-3,6H2,1H3. The third-order valence-electron chi connectivity index (χ3n) is 2.24. The van der Waals surface area contributed by atoms with Crippen molar-refractivity contribution in [2.45, 2.75) is 12.2 Å². The summed E-state index contributed by atoms with van der Waals surface area (Å²) < 4.78 is 5.05. The Kier molecular flexibility index (Phi) is 2.72. The molecule has 1 aromatic rings. The highest BCUT2D eigenvalue weighted by Crippen LogP contribution is 2.27. The first-order valence-electron chi connectivity index (χ1n) is 4.45. The van der Waals surface area contributed by atoms with Gasteiger partial charge in [0.1, 0.15) is 0 Å². The summed E-state index contributed by atoms with van der Waals surface area (Å²) in [6.45, 7) is 0. The Morgan fingerprint density at radius 3 is 3.21 bits per heavy atom. The molecule has 0 bridgehead atoms. The molecule has 0 amide bonds. The van der Waals surface area contributed by atoms with E-state index < -0.39 is 0 Å². The molecule has 0 unspecified atom stereocenters. The molecule has 1 aliphatic rings. The first-order chi connectivity index (χ1) is 6.85. The Morgan fingerprint density at radius 1 is 1.64 bits per heavy atom. The molecule has 0 saturated carbocycles. The summed E-state index contributed by atoms with van der Waals surface area (Å²) in [6.07, 6.45) is 1.76. The molecule has 74 valence electrons. The Morgan fingerprint density at radius 2 is 2.50 bits per heavy atom. The number of nitrogens with zero attached hydrogens (tertiary/aromatic N) is 1. The van der Waals surface area contributed by atoms with E-state index in [0.717, 1.165) is 29.9 Å². The van der Waals surface area contributed by atoms with E-state index in [1.807, 2.05) is 17.8 Å². The van der Waals surface area contributed by atoms with Crippen LogP contribution in [0.1, 0.15) is 21.6 Å². The van der Waals surface area contributed by atoms with Crippen molar-refractivity contribution in [2.24, 2.45) is 0 Å². The Bertz CT molecular complexity index is 365. The minimum absolute atomic E-state index is 0.450. The molecule has 14 heavy (non-hydrogen) atoms. The molecule has 0 atom stereocenters. The number of rotatable bonds is 2. The van der Waals surface area contributed by atoms with Gasteiger partial charge in [-0.3, -0.25) is 4.79 Å². The maximum atomic E-state index is 10.7. The maximum absolute atomic E-state index is 10.7. The number of ether oxygens (including phenoxy) is 1. The van der Waals surface area contributed by atoms with Crippen molar-refractivity contribution in [3.05, 3.63) is 22.9 Å². The van der Waals surface area contributed by atoms with Crippen LogP contribution in [0.3, 0.4) is 0 Å². The Balaban J connectivity index is 2.48. The van der Waals surface area contributed by atoms with Gasteiger partial charge in [0.05, 0.1) is 12.7 Å². The minimum Gasteiger partial charge on any atom is -0.480 e. The zero-order chi connectivity index (χ0) is 9.97. The summed E-state index contributed by atoms with van der Waals surface area (Å²) in [5, 5.41) is 0. The molecule has 2 heterocycles. The van der Waals surface area contributed by atoms with Crippen LogP contribution in [0.4, 0.5) is 0 Å². The fourth-order valence-corrected chi connectivity index (χ4v) is 2.48. The second-order valence-electron chi connectivity index (χ2n) is 3.11. The molecule has 0 saturated heterocycles. The van der Waals surface area contributed by atoms with Gasteiger partial charge in [-0.15, -0.1) is 0 Å². The van der Waals surface area contributed by atoms with Gasteiger partial charge in [0.15, 0.2) is 6.29 Å². The van der Waals surface area contributed by atoms with Crippen molar-refractivity contribution < 1.29 is 9.53 Å². The molecular weight excluding hydrogens is 198 g/mol. The van der Waals surface area contributed by atoms with E-state index in [-0.39, 0.29) is 0 Å². The van der Waals surface area contributed by atoms with Gasteiger partial charge in [0.25, 0.3) is 0 Å². The van der Waals surface area contributed by atoms with E-state index in [0.29, 0.717) is 11.4 Å². The summed E-state index contributed by atoms with van der Waals surface area (Å²) >= 11 is 1.87. The van der Waals surface area contributed by atoms with Crippen LogP contribution in [0.15, 0.2) is 6.07 Å². The van der Waals surface area contributed by atoms with Crippen molar-refractivity contribution in [2.75, 3.05) is 12.9 Å². The summed E-state index contributed by atoms with van der Waals surface area (Å²) in [6, 6.07) is 1.89. The first-order valence-corrected chi connectivity index (χ1v) is 5.60. The lowest BCUT2D eigenvalue weighted by molar-refractivity contribution is 0.111. The monoisotopic (exact) mass is 209 g/mol. The number of pyridine rings is 1. The predicted octanol–water partition coefficient (Wildman–Crippen LogP) is 1.69. The van der Waals surface area contributed by atoms with E-state index >= 15 is 0 Å². The van der Waals surface area contributed by atoms with Crippen LogP contribution >= 0.6 is 11.8 Å². The summed E-state index contributed by atoms with van der Waals surface area (Å²) in [7, 11) is 1.54. The molecule has 0 aliphatic carbocycles. The van der Waals surface area contributed by atoms with Gasteiger partial charge in [0, 0.05) is 11.4 Å². The number of carbonyl (C=O) groups is 1. The second kappa shape index (κ2) is 4.00. The van der Waals surface area contributed by atoms with Crippen LogP contribution in [0.2, 0.25) is 0 Å². The van der Waals surface area contributed by atoms with Crippen LogP contribution in [0, 0.1) is 0 Å². The van der Waals surface area contributed by atoms with Crippen molar-refractivity contribution in [3.8, 4) is 5.88 Å². The number of aldehydes is 1. The molecule has 1 aliphatic heterocycles. The van der Waals surface area contributed by atoms with Crippen LogP contribution in [0.25, 0.3) is 0 Å². The van der Waals surface area contributed by atoms with Crippen molar-refractivity contribution >= 4 is 18.0 Å². The van der Waals surface area contributed by atoms with Gasteiger partial charge in [-0.05, 0) is 23.8 Å². The lowest BCUT2D eigenvalue weighted by Crippen LogP contribution is -2.08. The largest absolute Gasteiger partial charge is 0.480 e. The number of aryl methyl sites for hydroxylation is 1. The molecule has 0 aromatic carbocycles. The highest BCUT2D eigenvalue weighted by Gasteiger charge is 2.15. The lowest BCUT2D eigenvalue weighted by atomic mass is 10.1. The fraction of sp³-hybridized carbons (Fsp3) is 0.400. The topological polar surface area (TPSA) is 39.2 Å². The zero-order valence-corrected chi connectivity index (χ0v) is 8.76. The molecule has 0 fully saturated rings.